The molecule has 72 valence electrons. The van der Waals surface area contributed by atoms with E-state index in [0.29, 0.717) is 0 Å². The molecule has 2 rings (SSSR count). The minimum Gasteiger partial charge on any atom is -0.306 e. The summed E-state index contributed by atoms with van der Waals surface area (Å²) in [4.78, 5) is 2.46. The molecule has 0 saturated carbocycles. The molecule has 1 aromatic rings. The highest BCUT2D eigenvalue weighted by atomic mass is 15.3. The van der Waals surface area contributed by atoms with E-state index in [1.165, 1.54) is 25.9 Å². The number of nitrogens with zero attached hydrogens (tertiary/aromatic N) is 4. The average molecular weight is 180 g/mol. The van der Waals surface area contributed by atoms with Gasteiger partial charge in [-0.05, 0) is 25.3 Å². The molecular formula is C9H16N4. The van der Waals surface area contributed by atoms with Crippen molar-refractivity contribution in [2.24, 2.45) is 5.92 Å². The van der Waals surface area contributed by atoms with Crippen LogP contribution < -0.4 is 0 Å². The van der Waals surface area contributed by atoms with Crippen LogP contribution in [0.2, 0.25) is 0 Å². The van der Waals surface area contributed by atoms with Gasteiger partial charge in [-0.1, -0.05) is 6.92 Å². The Morgan fingerprint density at radius 3 is 2.85 bits per heavy atom. The van der Waals surface area contributed by atoms with E-state index in [0.717, 1.165) is 12.6 Å². The van der Waals surface area contributed by atoms with Crippen LogP contribution in [0.25, 0.3) is 0 Å². The van der Waals surface area contributed by atoms with Crippen molar-refractivity contribution < 1.29 is 0 Å². The van der Waals surface area contributed by atoms with Gasteiger partial charge in [0.05, 0.1) is 6.67 Å². The van der Waals surface area contributed by atoms with E-state index in [1.807, 2.05) is 4.57 Å². The van der Waals surface area contributed by atoms with Crippen molar-refractivity contribution in [2.45, 2.75) is 26.4 Å². The molecule has 0 bridgehead atoms. The summed E-state index contributed by atoms with van der Waals surface area (Å²) < 4.78 is 2.03. The molecule has 0 N–H and O–H groups in total. The van der Waals surface area contributed by atoms with Gasteiger partial charge in [-0.25, -0.2) is 0 Å². The van der Waals surface area contributed by atoms with E-state index in [2.05, 4.69) is 22.0 Å². The second-order valence-electron chi connectivity index (χ2n) is 3.94. The molecule has 0 amide bonds. The molecule has 1 aromatic heterocycles. The minimum atomic E-state index is 0.838. The fourth-order valence-electron chi connectivity index (χ4n) is 1.94. The van der Waals surface area contributed by atoms with Gasteiger partial charge in [-0.2, -0.15) is 0 Å². The van der Waals surface area contributed by atoms with Gasteiger partial charge in [0.1, 0.15) is 12.7 Å². The highest BCUT2D eigenvalue weighted by Crippen LogP contribution is 2.15. The van der Waals surface area contributed by atoms with Gasteiger partial charge in [0, 0.05) is 6.54 Å². The lowest BCUT2D eigenvalue weighted by Gasteiger charge is -2.30. The third-order valence-corrected chi connectivity index (χ3v) is 2.57. The summed E-state index contributed by atoms with van der Waals surface area (Å²) in [6, 6.07) is 0. The predicted octanol–water partition coefficient (Wildman–Crippen LogP) is 0.968. The maximum atomic E-state index is 3.79. The first kappa shape index (κ1) is 8.69. The van der Waals surface area contributed by atoms with Crippen LogP contribution in [0.15, 0.2) is 12.7 Å². The maximum absolute atomic E-state index is 3.79. The van der Waals surface area contributed by atoms with Crippen LogP contribution in [0.1, 0.15) is 19.8 Å². The Morgan fingerprint density at radius 1 is 1.38 bits per heavy atom. The zero-order valence-corrected chi connectivity index (χ0v) is 8.06. The SMILES string of the molecule is CC1CCCN(Cn2cnnc2)C1. The van der Waals surface area contributed by atoms with Crippen LogP contribution in [0, 0.1) is 5.92 Å². The molecule has 13 heavy (non-hydrogen) atoms. The van der Waals surface area contributed by atoms with Crippen LogP contribution in [0.3, 0.4) is 0 Å². The Balaban J connectivity index is 1.87. The lowest BCUT2D eigenvalue weighted by atomic mass is 10.0. The third-order valence-electron chi connectivity index (χ3n) is 2.57. The molecular weight excluding hydrogens is 164 g/mol. The number of piperidine rings is 1. The summed E-state index contributed by atoms with van der Waals surface area (Å²) in [7, 11) is 0. The number of likely N-dealkylation sites (tertiary alicyclic amines) is 1. The normalized spacial score (nSPS) is 24.8. The van der Waals surface area contributed by atoms with E-state index >= 15 is 0 Å². The Hall–Kier alpha value is -0.900. The fraction of sp³-hybridized carbons (Fsp3) is 0.778. The van der Waals surface area contributed by atoms with Crippen LogP contribution in [-0.4, -0.2) is 32.8 Å². The summed E-state index contributed by atoms with van der Waals surface area (Å²) in [6.45, 7) is 5.68. The van der Waals surface area contributed by atoms with Crippen molar-refractivity contribution in [2.75, 3.05) is 13.1 Å². The van der Waals surface area contributed by atoms with Crippen LogP contribution >= 0.6 is 0 Å². The van der Waals surface area contributed by atoms with Crippen molar-refractivity contribution in [1.29, 1.82) is 0 Å². The summed E-state index contributed by atoms with van der Waals surface area (Å²) in [5.74, 6) is 0.838. The summed E-state index contributed by atoms with van der Waals surface area (Å²) in [6.07, 6.45) is 6.25. The topological polar surface area (TPSA) is 34.0 Å². The molecule has 0 radical (unpaired) electrons. The van der Waals surface area contributed by atoms with Crippen molar-refractivity contribution in [3.05, 3.63) is 12.7 Å². The van der Waals surface area contributed by atoms with E-state index < -0.39 is 0 Å². The molecule has 4 nitrogen and oxygen atoms in total. The lowest BCUT2D eigenvalue weighted by molar-refractivity contribution is 0.145. The minimum absolute atomic E-state index is 0.838. The van der Waals surface area contributed by atoms with Crippen LogP contribution in [0.5, 0.6) is 0 Å². The summed E-state index contributed by atoms with van der Waals surface area (Å²) >= 11 is 0. The molecule has 0 aliphatic carbocycles. The zero-order chi connectivity index (χ0) is 9.10. The Labute approximate surface area is 78.6 Å². The second-order valence-corrected chi connectivity index (χ2v) is 3.94. The number of aromatic nitrogens is 3. The molecule has 1 aliphatic rings. The standard InChI is InChI=1S/C9H16N4/c1-9-3-2-4-12(5-9)8-13-6-10-11-7-13/h6-7,9H,2-5,8H2,1H3. The van der Waals surface area contributed by atoms with Gasteiger partial charge in [0.2, 0.25) is 0 Å². The Bertz CT molecular complexity index is 244. The largest absolute Gasteiger partial charge is 0.306 e. The summed E-state index contributed by atoms with van der Waals surface area (Å²) in [5.41, 5.74) is 0. The lowest BCUT2D eigenvalue weighted by Crippen LogP contribution is -2.35. The highest BCUT2D eigenvalue weighted by Gasteiger charge is 2.15. The summed E-state index contributed by atoms with van der Waals surface area (Å²) in [5, 5.41) is 7.59. The molecule has 1 aliphatic heterocycles. The quantitative estimate of drug-likeness (QED) is 0.680. The Morgan fingerprint density at radius 2 is 2.15 bits per heavy atom. The average Bonchev–Trinajstić information content (AvgIpc) is 2.57. The third kappa shape index (κ3) is 2.28. The van der Waals surface area contributed by atoms with E-state index in [1.54, 1.807) is 12.7 Å². The number of hydrogen-bond acceptors (Lipinski definition) is 3. The van der Waals surface area contributed by atoms with Gasteiger partial charge < -0.3 is 4.57 Å². The molecule has 1 saturated heterocycles. The van der Waals surface area contributed by atoms with E-state index in [4.69, 9.17) is 0 Å². The molecule has 1 unspecified atom stereocenters. The van der Waals surface area contributed by atoms with Gasteiger partial charge >= 0.3 is 0 Å². The van der Waals surface area contributed by atoms with Crippen molar-refractivity contribution in [1.82, 2.24) is 19.7 Å². The maximum Gasteiger partial charge on any atom is 0.120 e. The molecule has 4 heteroatoms. The monoisotopic (exact) mass is 180 g/mol. The van der Waals surface area contributed by atoms with Gasteiger partial charge in [0.25, 0.3) is 0 Å². The second kappa shape index (κ2) is 3.87. The molecule has 0 aromatic carbocycles. The molecule has 1 atom stereocenters. The smallest absolute Gasteiger partial charge is 0.120 e. The Kier molecular flexibility index (Phi) is 2.59. The molecule has 2 heterocycles. The first-order valence-electron chi connectivity index (χ1n) is 4.89. The van der Waals surface area contributed by atoms with E-state index in [9.17, 15) is 0 Å². The van der Waals surface area contributed by atoms with Gasteiger partial charge in [-0.3, -0.25) is 4.90 Å². The first-order chi connectivity index (χ1) is 6.34. The zero-order valence-electron chi connectivity index (χ0n) is 8.06. The predicted molar refractivity (Wildman–Crippen MR) is 50.0 cm³/mol. The molecule has 0 spiro atoms. The van der Waals surface area contributed by atoms with Crippen LogP contribution in [-0.2, 0) is 6.67 Å². The number of hydrogen-bond donors (Lipinski definition) is 0. The van der Waals surface area contributed by atoms with Gasteiger partial charge in [-0.15, -0.1) is 10.2 Å². The first-order valence-corrected chi connectivity index (χ1v) is 4.89. The van der Waals surface area contributed by atoms with E-state index in [-0.39, 0.29) is 0 Å². The van der Waals surface area contributed by atoms with Crippen molar-refractivity contribution in [3.8, 4) is 0 Å². The van der Waals surface area contributed by atoms with Crippen LogP contribution in [0.4, 0.5) is 0 Å². The van der Waals surface area contributed by atoms with Gasteiger partial charge in [0.15, 0.2) is 0 Å². The van der Waals surface area contributed by atoms with Crippen molar-refractivity contribution in [3.63, 3.8) is 0 Å². The fourth-order valence-corrected chi connectivity index (χ4v) is 1.94. The van der Waals surface area contributed by atoms with Crippen molar-refractivity contribution >= 4 is 0 Å². The number of rotatable bonds is 2. The highest BCUT2D eigenvalue weighted by molar-refractivity contribution is 4.69. The molecule has 1 fully saturated rings.